The molecule has 0 fully saturated rings. The second-order valence-electron chi connectivity index (χ2n) is 6.95. The lowest BCUT2D eigenvalue weighted by atomic mass is 10.1. The highest BCUT2D eigenvalue weighted by molar-refractivity contribution is 6.01. The summed E-state index contributed by atoms with van der Waals surface area (Å²) in [7, 11) is 1.66. The Bertz CT molecular complexity index is 975. The zero-order chi connectivity index (χ0) is 20.3. The number of methoxy groups -OCH3 is 1. The minimum Gasteiger partial charge on any atom is -0.497 e. The highest BCUT2D eigenvalue weighted by Crippen LogP contribution is 2.38. The third kappa shape index (κ3) is 3.91. The number of benzene rings is 2. The molecule has 0 bridgehead atoms. The third-order valence-corrected chi connectivity index (χ3v) is 4.51. The topological polar surface area (TPSA) is 78.5 Å². The van der Waals surface area contributed by atoms with E-state index in [1.807, 2.05) is 56.3 Å². The Balaban J connectivity index is 1.99. The van der Waals surface area contributed by atoms with E-state index in [0.717, 1.165) is 46.6 Å². The smallest absolute Gasteiger partial charge is 0.411 e. The van der Waals surface area contributed by atoms with Gasteiger partial charge < -0.3 is 19.8 Å². The van der Waals surface area contributed by atoms with E-state index in [4.69, 9.17) is 15.2 Å². The quantitative estimate of drug-likeness (QED) is 0.610. The second-order valence-corrected chi connectivity index (χ2v) is 6.95. The van der Waals surface area contributed by atoms with Gasteiger partial charge in [-0.15, -0.1) is 0 Å². The van der Waals surface area contributed by atoms with Crippen LogP contribution in [0.2, 0.25) is 0 Å². The number of fused-ring (bicyclic) bond motifs is 1. The van der Waals surface area contributed by atoms with E-state index >= 15 is 0 Å². The molecule has 3 aromatic rings. The first-order valence-corrected chi connectivity index (χ1v) is 9.48. The van der Waals surface area contributed by atoms with Crippen molar-refractivity contribution in [2.75, 3.05) is 18.2 Å². The fourth-order valence-electron chi connectivity index (χ4n) is 3.32. The maximum Gasteiger partial charge on any atom is 0.411 e. The Morgan fingerprint density at radius 1 is 1.18 bits per heavy atom. The standard InChI is InChI=1S/C22H27N3O3/c1-5-12-25-19-13-17(27-4)10-11-18(19)20(23)21(25)15-6-8-16(9-7-15)24-22(26)28-14(2)3/h6-11,13-14H,5,12,23H2,1-4H3,(H,24,26). The van der Waals surface area contributed by atoms with Crippen molar-refractivity contribution in [3.63, 3.8) is 0 Å². The molecule has 1 heterocycles. The molecule has 0 spiro atoms. The zero-order valence-corrected chi connectivity index (χ0v) is 16.8. The number of ether oxygens (including phenoxy) is 2. The first kappa shape index (κ1) is 19.6. The van der Waals surface area contributed by atoms with Crippen molar-refractivity contribution in [3.8, 4) is 17.0 Å². The number of nitrogens with one attached hydrogen (secondary N) is 1. The van der Waals surface area contributed by atoms with Gasteiger partial charge in [-0.05, 0) is 44.5 Å². The summed E-state index contributed by atoms with van der Waals surface area (Å²) in [5.41, 5.74) is 10.9. The second kappa shape index (κ2) is 8.25. The van der Waals surface area contributed by atoms with Crippen LogP contribution in [0.15, 0.2) is 42.5 Å². The first-order chi connectivity index (χ1) is 13.4. The van der Waals surface area contributed by atoms with E-state index in [1.54, 1.807) is 7.11 Å². The average Bonchev–Trinajstić information content (AvgIpc) is 2.93. The van der Waals surface area contributed by atoms with E-state index in [9.17, 15) is 4.79 Å². The highest BCUT2D eigenvalue weighted by atomic mass is 16.6. The van der Waals surface area contributed by atoms with Crippen LogP contribution in [0.25, 0.3) is 22.2 Å². The van der Waals surface area contributed by atoms with Crippen LogP contribution in [0.1, 0.15) is 27.2 Å². The lowest BCUT2D eigenvalue weighted by molar-refractivity contribution is 0.130. The molecule has 0 saturated carbocycles. The van der Waals surface area contributed by atoms with Crippen molar-refractivity contribution in [2.45, 2.75) is 39.8 Å². The SMILES string of the molecule is CCCn1c(-c2ccc(NC(=O)OC(C)C)cc2)c(N)c2ccc(OC)cc21. The van der Waals surface area contributed by atoms with Gasteiger partial charge in [-0.1, -0.05) is 19.1 Å². The fourth-order valence-corrected chi connectivity index (χ4v) is 3.32. The van der Waals surface area contributed by atoms with Gasteiger partial charge in [0.05, 0.1) is 30.1 Å². The molecule has 3 N–H and O–H groups in total. The molecule has 0 aliphatic heterocycles. The Hall–Kier alpha value is -3.15. The van der Waals surface area contributed by atoms with Gasteiger partial charge in [0.2, 0.25) is 0 Å². The lowest BCUT2D eigenvalue weighted by Gasteiger charge is -2.12. The van der Waals surface area contributed by atoms with Gasteiger partial charge in [0.15, 0.2) is 0 Å². The maximum absolute atomic E-state index is 11.8. The number of anilines is 2. The number of carbonyl (C=O) groups is 1. The molecule has 2 aromatic carbocycles. The van der Waals surface area contributed by atoms with Crippen LogP contribution < -0.4 is 15.8 Å². The number of amides is 1. The van der Waals surface area contributed by atoms with Crippen LogP contribution in [0.4, 0.5) is 16.2 Å². The van der Waals surface area contributed by atoms with Crippen molar-refractivity contribution in [2.24, 2.45) is 0 Å². The van der Waals surface area contributed by atoms with Gasteiger partial charge in [-0.25, -0.2) is 4.79 Å². The van der Waals surface area contributed by atoms with E-state index < -0.39 is 6.09 Å². The summed E-state index contributed by atoms with van der Waals surface area (Å²) in [5, 5.41) is 3.74. The summed E-state index contributed by atoms with van der Waals surface area (Å²) in [6, 6.07) is 13.6. The monoisotopic (exact) mass is 381 g/mol. The van der Waals surface area contributed by atoms with Crippen LogP contribution in [-0.4, -0.2) is 23.9 Å². The number of aromatic nitrogens is 1. The summed E-state index contributed by atoms with van der Waals surface area (Å²) in [5.74, 6) is 0.803. The average molecular weight is 381 g/mol. The molecular formula is C22H27N3O3. The Morgan fingerprint density at radius 2 is 1.89 bits per heavy atom. The number of hydrogen-bond donors (Lipinski definition) is 2. The molecule has 6 heteroatoms. The van der Waals surface area contributed by atoms with Gasteiger partial charge in [0, 0.05) is 29.2 Å². The summed E-state index contributed by atoms with van der Waals surface area (Å²) in [6.07, 6.45) is 0.351. The van der Waals surface area contributed by atoms with E-state index in [0.29, 0.717) is 5.69 Å². The van der Waals surface area contributed by atoms with E-state index in [-0.39, 0.29) is 6.10 Å². The molecular weight excluding hydrogens is 354 g/mol. The van der Waals surface area contributed by atoms with Crippen LogP contribution >= 0.6 is 0 Å². The molecule has 0 radical (unpaired) electrons. The van der Waals surface area contributed by atoms with Crippen molar-refractivity contribution >= 4 is 28.4 Å². The van der Waals surface area contributed by atoms with Gasteiger partial charge in [-0.2, -0.15) is 0 Å². The molecule has 1 aromatic heterocycles. The lowest BCUT2D eigenvalue weighted by Crippen LogP contribution is -2.17. The summed E-state index contributed by atoms with van der Waals surface area (Å²) < 4.78 is 12.7. The van der Waals surface area contributed by atoms with Gasteiger partial charge in [-0.3, -0.25) is 5.32 Å². The number of nitrogens with two attached hydrogens (primary N) is 1. The molecule has 0 aliphatic rings. The third-order valence-electron chi connectivity index (χ3n) is 4.51. The Morgan fingerprint density at radius 3 is 2.50 bits per heavy atom. The number of aryl methyl sites for hydroxylation is 1. The van der Waals surface area contributed by atoms with Gasteiger partial charge >= 0.3 is 6.09 Å². The molecule has 0 unspecified atom stereocenters. The van der Waals surface area contributed by atoms with Crippen molar-refractivity contribution in [1.82, 2.24) is 4.57 Å². The van der Waals surface area contributed by atoms with Crippen LogP contribution in [0.3, 0.4) is 0 Å². The van der Waals surface area contributed by atoms with Crippen LogP contribution in [-0.2, 0) is 11.3 Å². The van der Waals surface area contributed by atoms with Crippen LogP contribution in [0.5, 0.6) is 5.75 Å². The van der Waals surface area contributed by atoms with Crippen molar-refractivity contribution in [1.29, 1.82) is 0 Å². The van der Waals surface area contributed by atoms with Crippen molar-refractivity contribution in [3.05, 3.63) is 42.5 Å². The largest absolute Gasteiger partial charge is 0.497 e. The Labute approximate surface area is 165 Å². The van der Waals surface area contributed by atoms with Gasteiger partial charge in [0.25, 0.3) is 0 Å². The first-order valence-electron chi connectivity index (χ1n) is 9.48. The molecule has 6 nitrogen and oxygen atoms in total. The molecule has 0 saturated heterocycles. The van der Waals surface area contributed by atoms with Crippen LogP contribution in [0, 0.1) is 0 Å². The number of rotatable bonds is 6. The number of hydrogen-bond acceptors (Lipinski definition) is 4. The molecule has 0 aliphatic carbocycles. The predicted molar refractivity (Wildman–Crippen MR) is 114 cm³/mol. The number of nitrogen functional groups attached to an aromatic ring is 1. The molecule has 148 valence electrons. The normalized spacial score (nSPS) is 11.0. The Kier molecular flexibility index (Phi) is 5.78. The number of nitrogens with zero attached hydrogens (tertiary/aromatic N) is 1. The zero-order valence-electron chi connectivity index (χ0n) is 16.8. The molecule has 1 amide bonds. The number of carbonyl (C=O) groups excluding carboxylic acids is 1. The molecule has 3 rings (SSSR count). The molecule has 0 atom stereocenters. The maximum atomic E-state index is 11.8. The summed E-state index contributed by atoms with van der Waals surface area (Å²) >= 11 is 0. The predicted octanol–water partition coefficient (Wildman–Crippen LogP) is 5.27. The van der Waals surface area contributed by atoms with Gasteiger partial charge in [0.1, 0.15) is 5.75 Å². The van der Waals surface area contributed by atoms with Crippen molar-refractivity contribution < 1.29 is 14.3 Å². The molecule has 28 heavy (non-hydrogen) atoms. The fraction of sp³-hybridized carbons (Fsp3) is 0.318. The highest BCUT2D eigenvalue weighted by Gasteiger charge is 2.17. The van der Waals surface area contributed by atoms with E-state index in [1.165, 1.54) is 0 Å². The summed E-state index contributed by atoms with van der Waals surface area (Å²) in [6.45, 7) is 6.61. The summed E-state index contributed by atoms with van der Waals surface area (Å²) in [4.78, 5) is 11.8. The van der Waals surface area contributed by atoms with E-state index in [2.05, 4.69) is 16.8 Å². The minimum atomic E-state index is -0.463. The minimum absolute atomic E-state index is 0.166.